The van der Waals surface area contributed by atoms with Gasteiger partial charge in [0.05, 0.1) is 0 Å². The first-order valence-electron chi connectivity index (χ1n) is 11.5. The van der Waals surface area contributed by atoms with Crippen LogP contribution in [0.5, 0.6) is 0 Å². The lowest BCUT2D eigenvalue weighted by Gasteiger charge is -2.00. The van der Waals surface area contributed by atoms with E-state index in [-0.39, 0.29) is 0 Å². The first kappa shape index (κ1) is 26.2. The second-order valence-corrected chi connectivity index (χ2v) is 7.82. The molecule has 0 radical (unpaired) electrons. The van der Waals surface area contributed by atoms with Crippen molar-refractivity contribution in [2.75, 3.05) is 0 Å². The summed E-state index contributed by atoms with van der Waals surface area (Å²) in [6, 6.07) is 0. The van der Waals surface area contributed by atoms with Gasteiger partial charge in [0.2, 0.25) is 0 Å². The van der Waals surface area contributed by atoms with Gasteiger partial charge in [0.15, 0.2) is 0 Å². The van der Waals surface area contributed by atoms with Gasteiger partial charge in [-0.2, -0.15) is 0 Å². The van der Waals surface area contributed by atoms with Crippen LogP contribution < -0.4 is 0 Å². The average molecular weight is 434 g/mol. The van der Waals surface area contributed by atoms with Gasteiger partial charge in [-0.3, -0.25) is 0 Å². The molecule has 0 bridgehead atoms. The minimum absolute atomic E-state index is 1.00. The van der Waals surface area contributed by atoms with Gasteiger partial charge < -0.3 is 0 Å². The molecule has 1 heteroatoms. The minimum atomic E-state index is 1.00. The lowest BCUT2D eigenvalue weighted by atomic mass is 10.1. The average Bonchev–Trinajstić information content (AvgIpc) is 2.68. The fourth-order valence-corrected chi connectivity index (χ4v) is 3.29. The van der Waals surface area contributed by atoms with E-state index in [1.165, 1.54) is 103 Å². The second-order valence-electron chi connectivity index (χ2n) is 7.43. The van der Waals surface area contributed by atoms with Crippen molar-refractivity contribution in [2.45, 2.75) is 129 Å². The van der Waals surface area contributed by atoms with Crippen molar-refractivity contribution in [2.24, 2.45) is 0 Å². The monoisotopic (exact) mass is 432 g/mol. The summed E-state index contributed by atoms with van der Waals surface area (Å²) in [6.45, 7) is 2.28. The number of rotatable bonds is 17. The van der Waals surface area contributed by atoms with Gasteiger partial charge in [0.25, 0.3) is 0 Å². The highest BCUT2D eigenvalue weighted by Crippen LogP contribution is 2.11. The maximum atomic E-state index is 3.21. The van der Waals surface area contributed by atoms with Gasteiger partial charge in [-0.25, -0.2) is 0 Å². The predicted molar refractivity (Wildman–Crippen MR) is 126 cm³/mol. The molecule has 0 nitrogen and oxygen atoms in total. The summed E-state index contributed by atoms with van der Waals surface area (Å²) < 4.78 is 0. The third-order valence-corrected chi connectivity index (χ3v) is 5.10. The van der Waals surface area contributed by atoms with Crippen molar-refractivity contribution in [3.63, 3.8) is 0 Å². The third kappa shape index (κ3) is 25.2. The van der Waals surface area contributed by atoms with E-state index in [0.29, 0.717) is 0 Å². The molecule has 0 unspecified atom stereocenters. The van der Waals surface area contributed by atoms with E-state index >= 15 is 0 Å². The highest BCUT2D eigenvalue weighted by Gasteiger charge is 1.92. The molecule has 0 fully saturated rings. The van der Waals surface area contributed by atoms with Crippen molar-refractivity contribution >= 4 is 15.9 Å². The summed E-state index contributed by atoms with van der Waals surface area (Å²) in [5, 5.41) is 0. The Balaban J connectivity index is 3.24. The molecule has 0 aromatic heterocycles. The highest BCUT2D eigenvalue weighted by atomic mass is 79.9. The van der Waals surface area contributed by atoms with Crippen molar-refractivity contribution in [1.29, 1.82) is 0 Å². The number of unbranched alkanes of at least 4 members (excludes halogenated alkanes) is 17. The predicted octanol–water partition coefficient (Wildman–Crippen LogP) is 8.78. The minimum Gasteiger partial charge on any atom is -0.0908 e. The zero-order chi connectivity index (χ0) is 19.7. The molecule has 27 heavy (non-hydrogen) atoms. The Morgan fingerprint density at radius 2 is 0.778 bits per heavy atom. The Bertz CT molecular complexity index is 472. The van der Waals surface area contributed by atoms with Crippen LogP contribution in [-0.4, -0.2) is 0 Å². The highest BCUT2D eigenvalue weighted by molar-refractivity contribution is 9.12. The van der Waals surface area contributed by atoms with Crippen molar-refractivity contribution < 1.29 is 0 Å². The van der Waals surface area contributed by atoms with Crippen LogP contribution in [0.15, 0.2) is 0 Å². The molecular weight excluding hydrogens is 392 g/mol. The SMILES string of the molecule is CCCCCCCCCCCCC#CC#CCCCCCCCCC#CBr. The van der Waals surface area contributed by atoms with Crippen LogP contribution in [0.2, 0.25) is 0 Å². The van der Waals surface area contributed by atoms with Gasteiger partial charge in [0.1, 0.15) is 0 Å². The molecule has 0 aliphatic heterocycles. The van der Waals surface area contributed by atoms with Crippen LogP contribution in [0.25, 0.3) is 0 Å². The smallest absolute Gasteiger partial charge is 0.0106 e. The molecule has 0 aromatic rings. The maximum Gasteiger partial charge on any atom is 0.0106 e. The van der Waals surface area contributed by atoms with Crippen LogP contribution in [-0.2, 0) is 0 Å². The molecule has 152 valence electrons. The van der Waals surface area contributed by atoms with E-state index in [0.717, 1.165) is 19.3 Å². The Morgan fingerprint density at radius 1 is 0.444 bits per heavy atom. The summed E-state index contributed by atoms with van der Waals surface area (Å²) in [6.07, 6.45) is 24.6. The molecule has 0 aliphatic rings. The topological polar surface area (TPSA) is 0 Å². The lowest BCUT2D eigenvalue weighted by Crippen LogP contribution is -1.81. The summed E-state index contributed by atoms with van der Waals surface area (Å²) in [5.74, 6) is 15.5. The Kier molecular flexibility index (Phi) is 24.4. The molecule has 0 atom stereocenters. The molecule has 0 saturated heterocycles. The largest absolute Gasteiger partial charge is 0.0908 e. The standard InChI is InChI=1S/C26H41Br/c1-2-3-4-5-6-7-8-9-10-11-12-13-14-15-16-17-18-19-20-21-22-23-24-25-26-27/h2-12,17-24H2,1H3. The molecule has 0 saturated carbocycles. The van der Waals surface area contributed by atoms with Crippen LogP contribution in [0.4, 0.5) is 0 Å². The quantitative estimate of drug-likeness (QED) is 0.159. The van der Waals surface area contributed by atoms with E-state index in [1.807, 2.05) is 0 Å². The normalized spacial score (nSPS) is 9.56. The second kappa shape index (κ2) is 25.2. The fourth-order valence-electron chi connectivity index (χ4n) is 3.10. The van der Waals surface area contributed by atoms with Gasteiger partial charge in [0, 0.05) is 35.2 Å². The molecular formula is C26H41Br. The molecule has 0 amide bonds. The summed E-state index contributed by atoms with van der Waals surface area (Å²) in [5.41, 5.74) is 0. The Morgan fingerprint density at radius 3 is 1.15 bits per heavy atom. The summed E-state index contributed by atoms with van der Waals surface area (Å²) in [4.78, 5) is 2.77. The molecule has 0 aliphatic carbocycles. The van der Waals surface area contributed by atoms with Gasteiger partial charge in [-0.05, 0) is 35.9 Å². The first-order chi connectivity index (χ1) is 13.4. The van der Waals surface area contributed by atoms with Crippen LogP contribution in [0.1, 0.15) is 129 Å². The third-order valence-electron chi connectivity index (χ3n) is 4.81. The van der Waals surface area contributed by atoms with Gasteiger partial charge >= 0.3 is 0 Å². The number of halogens is 1. The maximum absolute atomic E-state index is 3.21. The number of hydrogen-bond acceptors (Lipinski definition) is 0. The van der Waals surface area contributed by atoms with Crippen molar-refractivity contribution in [1.82, 2.24) is 0 Å². The van der Waals surface area contributed by atoms with E-state index in [9.17, 15) is 0 Å². The van der Waals surface area contributed by atoms with Gasteiger partial charge in [-0.15, -0.1) is 0 Å². The summed E-state index contributed by atoms with van der Waals surface area (Å²) >= 11 is 3.13. The lowest BCUT2D eigenvalue weighted by molar-refractivity contribution is 0.558. The van der Waals surface area contributed by atoms with E-state index in [4.69, 9.17) is 0 Å². The number of hydrogen-bond donors (Lipinski definition) is 0. The van der Waals surface area contributed by atoms with Crippen LogP contribution >= 0.6 is 15.9 Å². The van der Waals surface area contributed by atoms with E-state index in [2.05, 4.69) is 57.3 Å². The summed E-state index contributed by atoms with van der Waals surface area (Å²) in [7, 11) is 0. The first-order valence-corrected chi connectivity index (χ1v) is 12.2. The molecule has 0 aromatic carbocycles. The molecule has 0 spiro atoms. The molecule has 0 N–H and O–H groups in total. The Labute approximate surface area is 179 Å². The van der Waals surface area contributed by atoms with Crippen molar-refractivity contribution in [3.8, 4) is 34.4 Å². The molecule has 0 heterocycles. The van der Waals surface area contributed by atoms with Crippen LogP contribution in [0.3, 0.4) is 0 Å². The molecule has 0 rings (SSSR count). The van der Waals surface area contributed by atoms with Gasteiger partial charge in [-0.1, -0.05) is 108 Å². The van der Waals surface area contributed by atoms with Crippen molar-refractivity contribution in [3.05, 3.63) is 0 Å². The fraction of sp³-hybridized carbons (Fsp3) is 0.769. The van der Waals surface area contributed by atoms with E-state index in [1.54, 1.807) is 0 Å². The van der Waals surface area contributed by atoms with Crippen LogP contribution in [0, 0.1) is 34.4 Å². The zero-order valence-corrected chi connectivity index (χ0v) is 19.4. The zero-order valence-electron chi connectivity index (χ0n) is 17.8. The Hall–Kier alpha value is -0.840. The van der Waals surface area contributed by atoms with E-state index < -0.39 is 0 Å².